The minimum atomic E-state index is -0.965. The van der Waals surface area contributed by atoms with Gasteiger partial charge in [-0.15, -0.1) is 5.10 Å². The van der Waals surface area contributed by atoms with Crippen molar-refractivity contribution in [1.82, 2.24) is 15.0 Å². The normalized spacial score (nSPS) is 11.6. The van der Waals surface area contributed by atoms with Gasteiger partial charge in [0.1, 0.15) is 5.41 Å². The van der Waals surface area contributed by atoms with E-state index in [1.807, 2.05) is 6.92 Å². The zero-order valence-electron chi connectivity index (χ0n) is 7.98. The first kappa shape index (κ1) is 9.70. The van der Waals surface area contributed by atoms with Gasteiger partial charge < -0.3 is 5.11 Å². The van der Waals surface area contributed by atoms with Crippen molar-refractivity contribution < 1.29 is 9.90 Å². The van der Waals surface area contributed by atoms with Crippen LogP contribution in [0.3, 0.4) is 0 Å². The van der Waals surface area contributed by atoms with Crippen LogP contribution in [0.15, 0.2) is 6.20 Å². The van der Waals surface area contributed by atoms with Crippen LogP contribution in [0.5, 0.6) is 0 Å². The Morgan fingerprint density at radius 3 is 2.69 bits per heavy atom. The molecule has 0 radical (unpaired) electrons. The summed E-state index contributed by atoms with van der Waals surface area (Å²) in [6.45, 7) is 5.84. The van der Waals surface area contributed by atoms with Crippen LogP contribution in [-0.4, -0.2) is 26.1 Å². The van der Waals surface area contributed by atoms with Crippen LogP contribution >= 0.6 is 0 Å². The van der Waals surface area contributed by atoms with Gasteiger partial charge in [-0.2, -0.15) is 0 Å². The second-order valence-corrected chi connectivity index (χ2v) is 3.39. The van der Waals surface area contributed by atoms with Gasteiger partial charge in [-0.3, -0.25) is 9.48 Å². The average molecular weight is 183 g/mol. The predicted octanol–water partition coefficient (Wildman–Crippen LogP) is 0.660. The second kappa shape index (κ2) is 3.16. The Bertz CT molecular complexity index is 317. The fourth-order valence-electron chi connectivity index (χ4n) is 0.849. The number of carboxylic acids is 1. The van der Waals surface area contributed by atoms with E-state index in [-0.39, 0.29) is 0 Å². The van der Waals surface area contributed by atoms with Gasteiger partial charge in [-0.25, -0.2) is 0 Å². The molecular weight excluding hydrogens is 170 g/mol. The summed E-state index contributed by atoms with van der Waals surface area (Å²) in [4.78, 5) is 10.8. The van der Waals surface area contributed by atoms with Crippen LogP contribution in [0.2, 0.25) is 0 Å². The highest BCUT2D eigenvalue weighted by molar-refractivity contribution is 5.79. The Labute approximate surface area is 76.4 Å². The number of carboxylic acid groups (broad SMARTS) is 1. The van der Waals surface area contributed by atoms with Crippen molar-refractivity contribution in [2.24, 2.45) is 0 Å². The molecule has 0 fully saturated rings. The molecule has 0 unspecified atom stereocenters. The number of hydrogen-bond donors (Lipinski definition) is 1. The molecule has 0 saturated heterocycles. The van der Waals surface area contributed by atoms with E-state index >= 15 is 0 Å². The smallest absolute Gasteiger partial charge is 0.315 e. The standard InChI is InChI=1S/C8H13N3O2/c1-4-11-5-6(9-10-11)8(2,3)7(12)13/h5H,4H2,1-3H3,(H,12,13). The lowest BCUT2D eigenvalue weighted by atomic mass is 9.90. The maximum atomic E-state index is 10.8. The lowest BCUT2D eigenvalue weighted by Gasteiger charge is -2.14. The second-order valence-electron chi connectivity index (χ2n) is 3.39. The summed E-state index contributed by atoms with van der Waals surface area (Å²) >= 11 is 0. The fraction of sp³-hybridized carbons (Fsp3) is 0.625. The summed E-state index contributed by atoms with van der Waals surface area (Å²) in [6, 6.07) is 0. The Morgan fingerprint density at radius 2 is 2.31 bits per heavy atom. The molecule has 0 spiro atoms. The molecule has 5 heteroatoms. The molecule has 0 aliphatic rings. The van der Waals surface area contributed by atoms with Gasteiger partial charge in [0.15, 0.2) is 0 Å². The van der Waals surface area contributed by atoms with Crippen LogP contribution in [-0.2, 0) is 16.8 Å². The number of aromatic nitrogens is 3. The van der Waals surface area contributed by atoms with Gasteiger partial charge in [0.25, 0.3) is 0 Å². The molecule has 5 nitrogen and oxygen atoms in total. The molecule has 1 rings (SSSR count). The lowest BCUT2D eigenvalue weighted by molar-refractivity contribution is -0.142. The van der Waals surface area contributed by atoms with E-state index in [0.29, 0.717) is 12.2 Å². The van der Waals surface area contributed by atoms with Gasteiger partial charge in [0.05, 0.1) is 5.69 Å². The van der Waals surface area contributed by atoms with Gasteiger partial charge in [-0.05, 0) is 20.8 Å². The fourth-order valence-corrected chi connectivity index (χ4v) is 0.849. The van der Waals surface area contributed by atoms with E-state index < -0.39 is 11.4 Å². The summed E-state index contributed by atoms with van der Waals surface area (Å²) < 4.78 is 1.61. The Kier molecular flexibility index (Phi) is 2.36. The molecule has 13 heavy (non-hydrogen) atoms. The van der Waals surface area contributed by atoms with Crippen molar-refractivity contribution in [1.29, 1.82) is 0 Å². The van der Waals surface area contributed by atoms with Crippen molar-refractivity contribution in [3.05, 3.63) is 11.9 Å². The zero-order valence-corrected chi connectivity index (χ0v) is 7.98. The first-order valence-electron chi connectivity index (χ1n) is 4.12. The molecule has 0 atom stereocenters. The molecular formula is C8H13N3O2. The number of hydrogen-bond acceptors (Lipinski definition) is 3. The van der Waals surface area contributed by atoms with Crippen LogP contribution in [0, 0.1) is 0 Å². The molecule has 0 saturated carbocycles. The molecule has 72 valence electrons. The predicted molar refractivity (Wildman–Crippen MR) is 46.4 cm³/mol. The molecule has 0 aromatic carbocycles. The summed E-state index contributed by atoms with van der Waals surface area (Å²) in [5, 5.41) is 16.5. The Balaban J connectivity index is 3.00. The van der Waals surface area contributed by atoms with Crippen molar-refractivity contribution in [2.75, 3.05) is 0 Å². The van der Waals surface area contributed by atoms with Crippen LogP contribution in [0.1, 0.15) is 26.5 Å². The first-order chi connectivity index (χ1) is 5.98. The van der Waals surface area contributed by atoms with Gasteiger partial charge in [0, 0.05) is 12.7 Å². The topological polar surface area (TPSA) is 68.0 Å². The molecule has 1 aromatic heterocycles. The van der Waals surface area contributed by atoms with Gasteiger partial charge in [-0.1, -0.05) is 5.21 Å². The number of rotatable bonds is 3. The largest absolute Gasteiger partial charge is 0.481 e. The molecule has 0 aliphatic carbocycles. The highest BCUT2D eigenvalue weighted by Gasteiger charge is 2.32. The number of carbonyl (C=O) groups is 1. The highest BCUT2D eigenvalue weighted by atomic mass is 16.4. The summed E-state index contributed by atoms with van der Waals surface area (Å²) in [7, 11) is 0. The average Bonchev–Trinajstić information content (AvgIpc) is 2.51. The third kappa shape index (κ3) is 1.68. The monoisotopic (exact) mass is 183 g/mol. The molecule has 1 N–H and O–H groups in total. The Hall–Kier alpha value is -1.39. The third-order valence-electron chi connectivity index (χ3n) is 2.04. The summed E-state index contributed by atoms with van der Waals surface area (Å²) in [5.41, 5.74) is -0.477. The quantitative estimate of drug-likeness (QED) is 0.747. The summed E-state index contributed by atoms with van der Waals surface area (Å²) in [5.74, 6) is -0.893. The van der Waals surface area contributed by atoms with Crippen LogP contribution in [0.25, 0.3) is 0 Å². The first-order valence-corrected chi connectivity index (χ1v) is 4.12. The van der Waals surface area contributed by atoms with E-state index in [9.17, 15) is 4.79 Å². The maximum absolute atomic E-state index is 10.8. The summed E-state index contributed by atoms with van der Waals surface area (Å²) in [6.07, 6.45) is 1.66. The van der Waals surface area contributed by atoms with Crippen LogP contribution < -0.4 is 0 Å². The Morgan fingerprint density at radius 1 is 1.69 bits per heavy atom. The highest BCUT2D eigenvalue weighted by Crippen LogP contribution is 2.20. The van der Waals surface area contributed by atoms with Crippen LogP contribution in [0.4, 0.5) is 0 Å². The SMILES string of the molecule is CCn1cc(C(C)(C)C(=O)O)nn1. The molecule has 0 amide bonds. The van der Waals surface area contributed by atoms with Crippen molar-refractivity contribution in [2.45, 2.75) is 32.7 Å². The molecule has 1 heterocycles. The molecule has 0 aliphatic heterocycles. The van der Waals surface area contributed by atoms with E-state index in [2.05, 4.69) is 10.3 Å². The van der Waals surface area contributed by atoms with E-state index in [1.54, 1.807) is 24.7 Å². The van der Waals surface area contributed by atoms with Crippen molar-refractivity contribution >= 4 is 5.97 Å². The van der Waals surface area contributed by atoms with E-state index in [0.717, 1.165) is 0 Å². The van der Waals surface area contributed by atoms with Crippen molar-refractivity contribution in [3.63, 3.8) is 0 Å². The number of aliphatic carboxylic acids is 1. The van der Waals surface area contributed by atoms with E-state index in [4.69, 9.17) is 5.11 Å². The van der Waals surface area contributed by atoms with Gasteiger partial charge in [0.2, 0.25) is 0 Å². The third-order valence-corrected chi connectivity index (χ3v) is 2.04. The lowest BCUT2D eigenvalue weighted by Crippen LogP contribution is -2.28. The zero-order chi connectivity index (χ0) is 10.1. The number of aryl methyl sites for hydroxylation is 1. The minimum absolute atomic E-state index is 0.488. The maximum Gasteiger partial charge on any atom is 0.315 e. The van der Waals surface area contributed by atoms with E-state index in [1.165, 1.54) is 0 Å². The molecule has 0 bridgehead atoms. The van der Waals surface area contributed by atoms with Gasteiger partial charge >= 0.3 is 5.97 Å². The number of nitrogens with zero attached hydrogens (tertiary/aromatic N) is 3. The molecule has 1 aromatic rings. The minimum Gasteiger partial charge on any atom is -0.481 e. The van der Waals surface area contributed by atoms with Crippen molar-refractivity contribution in [3.8, 4) is 0 Å².